The molecule has 2 heterocycles. The number of carbonyl (C=O) groups excluding carboxylic acids is 1. The van der Waals surface area contributed by atoms with Crippen molar-refractivity contribution in [3.63, 3.8) is 0 Å². The molecule has 3 rings (SSSR count). The highest BCUT2D eigenvalue weighted by molar-refractivity contribution is 5.93. The summed E-state index contributed by atoms with van der Waals surface area (Å²) in [5.74, 6) is -0.296. The minimum Gasteiger partial charge on any atom is -0.375 e. The minimum absolute atomic E-state index is 0.0742. The van der Waals surface area contributed by atoms with Crippen molar-refractivity contribution in [2.24, 2.45) is 13.0 Å². The predicted molar refractivity (Wildman–Crippen MR) is 93.3 cm³/mol. The topological polar surface area (TPSA) is 65.3 Å². The van der Waals surface area contributed by atoms with Gasteiger partial charge in [0.25, 0.3) is 5.56 Å². The van der Waals surface area contributed by atoms with Gasteiger partial charge in [0.05, 0.1) is 29.9 Å². The predicted octanol–water partition coefficient (Wildman–Crippen LogP) is 2.75. The summed E-state index contributed by atoms with van der Waals surface area (Å²) < 4.78 is 9.41. The fraction of sp³-hybridized carbons (Fsp3) is 0.778. The average Bonchev–Trinajstić information content (AvgIpc) is 3.00. The van der Waals surface area contributed by atoms with Gasteiger partial charge in [-0.15, -0.1) is 0 Å². The largest absolute Gasteiger partial charge is 0.375 e. The van der Waals surface area contributed by atoms with E-state index in [1.165, 1.54) is 6.42 Å². The van der Waals surface area contributed by atoms with Crippen molar-refractivity contribution in [1.29, 1.82) is 0 Å². The molecule has 1 aliphatic heterocycles. The van der Waals surface area contributed by atoms with Crippen LogP contribution in [0.1, 0.15) is 64.1 Å². The second-order valence-corrected chi connectivity index (χ2v) is 7.41. The maximum atomic E-state index is 12.9. The third kappa shape index (κ3) is 3.04. The Balaban J connectivity index is 1.83. The van der Waals surface area contributed by atoms with Crippen molar-refractivity contribution in [1.82, 2.24) is 9.36 Å². The van der Waals surface area contributed by atoms with Crippen molar-refractivity contribution in [2.75, 3.05) is 5.32 Å². The van der Waals surface area contributed by atoms with E-state index in [0.29, 0.717) is 12.1 Å². The third-order valence-corrected chi connectivity index (χ3v) is 5.70. The molecule has 0 spiro atoms. The van der Waals surface area contributed by atoms with Gasteiger partial charge < -0.3 is 10.1 Å². The zero-order chi connectivity index (χ0) is 17.4. The molecule has 0 radical (unpaired) electrons. The van der Waals surface area contributed by atoms with E-state index in [1.807, 2.05) is 37.2 Å². The molecule has 0 bridgehead atoms. The van der Waals surface area contributed by atoms with Gasteiger partial charge in [-0.1, -0.05) is 19.3 Å². The molecular formula is C18H29N3O3. The van der Waals surface area contributed by atoms with E-state index in [1.54, 1.807) is 0 Å². The molecule has 6 nitrogen and oxygen atoms in total. The van der Waals surface area contributed by atoms with E-state index in [0.717, 1.165) is 31.4 Å². The van der Waals surface area contributed by atoms with Crippen molar-refractivity contribution < 1.29 is 9.53 Å². The van der Waals surface area contributed by atoms with Crippen LogP contribution < -0.4 is 10.9 Å². The van der Waals surface area contributed by atoms with Crippen LogP contribution in [0.2, 0.25) is 0 Å². The second-order valence-electron chi connectivity index (χ2n) is 7.41. The number of aromatic nitrogens is 2. The highest BCUT2D eigenvalue weighted by Gasteiger charge is 2.36. The van der Waals surface area contributed by atoms with Crippen LogP contribution in [0.15, 0.2) is 4.79 Å². The number of nitrogens with zero attached hydrogens (tertiary/aromatic N) is 2. The monoisotopic (exact) mass is 335 g/mol. The molecule has 1 saturated heterocycles. The Hall–Kier alpha value is -1.56. The smallest absolute Gasteiger partial charge is 0.290 e. The highest BCUT2D eigenvalue weighted by atomic mass is 16.5. The number of carbonyl (C=O) groups is 1. The summed E-state index contributed by atoms with van der Waals surface area (Å²) in [5.41, 5.74) is 1.17. The first-order valence-electron chi connectivity index (χ1n) is 9.14. The van der Waals surface area contributed by atoms with Crippen LogP contribution in [-0.4, -0.2) is 27.5 Å². The Labute approximate surface area is 143 Å². The fourth-order valence-corrected chi connectivity index (χ4v) is 4.21. The van der Waals surface area contributed by atoms with Gasteiger partial charge in [-0.25, -0.2) is 4.68 Å². The van der Waals surface area contributed by atoms with Crippen LogP contribution in [0.25, 0.3) is 0 Å². The van der Waals surface area contributed by atoms with Gasteiger partial charge in [0.15, 0.2) is 0 Å². The number of anilines is 1. The molecule has 134 valence electrons. The Morgan fingerprint density at radius 1 is 1.21 bits per heavy atom. The molecule has 6 heteroatoms. The summed E-state index contributed by atoms with van der Waals surface area (Å²) in [5, 5.41) is 2.90. The van der Waals surface area contributed by atoms with Crippen LogP contribution >= 0.6 is 0 Å². The van der Waals surface area contributed by atoms with Crippen LogP contribution in [0.3, 0.4) is 0 Å². The minimum atomic E-state index is -0.192. The SMILES string of the molecule is Cc1c(NC(=O)C2CC(C)OC2C)c(=O)n(C2CCCCC2)n1C. The van der Waals surface area contributed by atoms with E-state index < -0.39 is 0 Å². The lowest BCUT2D eigenvalue weighted by Gasteiger charge is -2.24. The van der Waals surface area contributed by atoms with Crippen LogP contribution in [-0.2, 0) is 16.6 Å². The molecule has 1 aromatic rings. The lowest BCUT2D eigenvalue weighted by molar-refractivity contribution is -0.121. The summed E-state index contributed by atoms with van der Waals surface area (Å²) >= 11 is 0. The van der Waals surface area contributed by atoms with Crippen LogP contribution in [0.5, 0.6) is 0 Å². The molecule has 24 heavy (non-hydrogen) atoms. The molecule has 0 aromatic carbocycles. The molecule has 1 aliphatic carbocycles. The second kappa shape index (κ2) is 6.75. The van der Waals surface area contributed by atoms with Crippen molar-refractivity contribution in [3.05, 3.63) is 16.0 Å². The summed E-state index contributed by atoms with van der Waals surface area (Å²) in [4.78, 5) is 25.5. The van der Waals surface area contributed by atoms with E-state index in [2.05, 4.69) is 5.32 Å². The van der Waals surface area contributed by atoms with Crippen LogP contribution in [0.4, 0.5) is 5.69 Å². The van der Waals surface area contributed by atoms with Crippen molar-refractivity contribution in [2.45, 2.75) is 77.5 Å². The number of hydrogen-bond donors (Lipinski definition) is 1. The maximum Gasteiger partial charge on any atom is 0.290 e. The van der Waals surface area contributed by atoms with Gasteiger partial charge in [0.2, 0.25) is 5.91 Å². The number of nitrogens with one attached hydrogen (secondary N) is 1. The van der Waals surface area contributed by atoms with Crippen LogP contribution in [0, 0.1) is 12.8 Å². The number of rotatable bonds is 3. The van der Waals surface area contributed by atoms with Gasteiger partial charge in [-0.3, -0.25) is 14.3 Å². The standard InChI is InChI=1S/C18H29N3O3/c1-11-10-15(13(3)24-11)17(22)19-16-12(2)20(4)21(18(16)23)14-8-6-5-7-9-14/h11,13-15H,5-10H2,1-4H3,(H,19,22). The molecule has 3 atom stereocenters. The first-order valence-corrected chi connectivity index (χ1v) is 9.14. The molecule has 3 unspecified atom stereocenters. The summed E-state index contributed by atoms with van der Waals surface area (Å²) in [6.45, 7) is 5.80. The molecule has 1 N–H and O–H groups in total. The molecule has 2 fully saturated rings. The van der Waals surface area contributed by atoms with E-state index in [-0.39, 0.29) is 35.6 Å². The molecule has 2 aliphatic rings. The first kappa shape index (κ1) is 17.3. The zero-order valence-corrected chi connectivity index (χ0v) is 15.2. The van der Waals surface area contributed by atoms with E-state index in [4.69, 9.17) is 4.74 Å². The molecule has 1 saturated carbocycles. The number of amides is 1. The Morgan fingerprint density at radius 3 is 2.46 bits per heavy atom. The summed E-state index contributed by atoms with van der Waals surface area (Å²) in [6.07, 6.45) is 6.34. The highest BCUT2D eigenvalue weighted by Crippen LogP contribution is 2.30. The lowest BCUT2D eigenvalue weighted by atomic mass is 9.96. The molecule has 1 aromatic heterocycles. The molecular weight excluding hydrogens is 306 g/mol. The van der Waals surface area contributed by atoms with E-state index in [9.17, 15) is 9.59 Å². The van der Waals surface area contributed by atoms with Crippen molar-refractivity contribution in [3.8, 4) is 0 Å². The fourth-order valence-electron chi connectivity index (χ4n) is 4.21. The summed E-state index contributed by atoms with van der Waals surface area (Å²) in [6, 6.07) is 0.245. The van der Waals surface area contributed by atoms with Gasteiger partial charge >= 0.3 is 0 Å². The lowest BCUT2D eigenvalue weighted by Crippen LogP contribution is -2.32. The van der Waals surface area contributed by atoms with Gasteiger partial charge in [0.1, 0.15) is 5.69 Å². The average molecular weight is 335 g/mol. The normalized spacial score (nSPS) is 28.2. The number of ether oxygens (including phenoxy) is 1. The third-order valence-electron chi connectivity index (χ3n) is 5.70. The van der Waals surface area contributed by atoms with Gasteiger partial charge in [0, 0.05) is 7.05 Å². The molecule has 1 amide bonds. The summed E-state index contributed by atoms with van der Waals surface area (Å²) in [7, 11) is 1.91. The first-order chi connectivity index (χ1) is 11.4. The Morgan fingerprint density at radius 2 is 1.88 bits per heavy atom. The van der Waals surface area contributed by atoms with E-state index >= 15 is 0 Å². The Kier molecular flexibility index (Phi) is 4.85. The van der Waals surface area contributed by atoms with Crippen molar-refractivity contribution >= 4 is 11.6 Å². The zero-order valence-electron chi connectivity index (χ0n) is 15.2. The maximum absolute atomic E-state index is 12.9. The quantitative estimate of drug-likeness (QED) is 0.924. The van der Waals surface area contributed by atoms with Gasteiger partial charge in [-0.2, -0.15) is 0 Å². The Bertz CT molecular complexity index is 670. The van der Waals surface area contributed by atoms with Gasteiger partial charge in [-0.05, 0) is 40.0 Å². The number of hydrogen-bond acceptors (Lipinski definition) is 3.